The molecule has 2 aromatic carbocycles. The predicted octanol–water partition coefficient (Wildman–Crippen LogP) is 2.69. The molecule has 1 aromatic heterocycles. The van der Waals surface area contributed by atoms with Crippen LogP contribution < -0.4 is 10.6 Å². The third kappa shape index (κ3) is 3.08. The van der Waals surface area contributed by atoms with E-state index in [4.69, 9.17) is 5.73 Å². The van der Waals surface area contributed by atoms with Crippen LogP contribution in [-0.2, 0) is 4.79 Å². The average Bonchev–Trinajstić information content (AvgIpc) is 3.04. The van der Waals surface area contributed by atoms with Gasteiger partial charge in [-0.05, 0) is 24.3 Å². The van der Waals surface area contributed by atoms with Crippen LogP contribution in [0.1, 0.15) is 16.8 Å². The zero-order valence-corrected chi connectivity index (χ0v) is 12.5. The van der Waals surface area contributed by atoms with Gasteiger partial charge >= 0.3 is 0 Å². The van der Waals surface area contributed by atoms with E-state index in [1.165, 1.54) is 0 Å². The van der Waals surface area contributed by atoms with Crippen LogP contribution in [0.4, 0.5) is 5.69 Å². The molecule has 0 radical (unpaired) electrons. The number of primary amides is 1. The van der Waals surface area contributed by atoms with Gasteiger partial charge in [0.2, 0.25) is 5.91 Å². The van der Waals surface area contributed by atoms with E-state index >= 15 is 0 Å². The molecular formula is C18H17N3O2. The van der Waals surface area contributed by atoms with Gasteiger partial charge in [-0.25, -0.2) is 0 Å². The van der Waals surface area contributed by atoms with Crippen LogP contribution in [0.3, 0.4) is 0 Å². The number of nitrogens with one attached hydrogen (secondary N) is 1. The first-order valence-corrected chi connectivity index (χ1v) is 7.38. The Labute approximate surface area is 133 Å². The molecule has 0 fully saturated rings. The molecule has 0 bridgehead atoms. The molecular weight excluding hydrogens is 290 g/mol. The van der Waals surface area contributed by atoms with Crippen molar-refractivity contribution in [1.82, 2.24) is 4.98 Å². The summed E-state index contributed by atoms with van der Waals surface area (Å²) < 4.78 is 0. The standard InChI is InChI=1S/C18H17N3O2/c19-16(22)10-12-21(14-6-2-1-3-7-14)18(23)15-8-4-5-13-9-11-20-17(13)15/h1-9,11,20H,10,12H2,(H2,19,22). The minimum atomic E-state index is -0.434. The van der Waals surface area contributed by atoms with Gasteiger partial charge in [-0.15, -0.1) is 0 Å². The van der Waals surface area contributed by atoms with Crippen LogP contribution in [-0.4, -0.2) is 23.3 Å². The quantitative estimate of drug-likeness (QED) is 0.760. The number of anilines is 1. The van der Waals surface area contributed by atoms with E-state index in [1.807, 2.05) is 48.5 Å². The number of hydrogen-bond donors (Lipinski definition) is 2. The number of H-pyrrole nitrogens is 1. The fourth-order valence-corrected chi connectivity index (χ4v) is 2.59. The summed E-state index contributed by atoms with van der Waals surface area (Å²) in [4.78, 5) is 28.9. The summed E-state index contributed by atoms with van der Waals surface area (Å²) in [7, 11) is 0. The number of rotatable bonds is 5. The van der Waals surface area contributed by atoms with Gasteiger partial charge in [0.15, 0.2) is 0 Å². The molecule has 2 amide bonds. The summed E-state index contributed by atoms with van der Waals surface area (Å²) >= 11 is 0. The Morgan fingerprint density at radius 2 is 1.78 bits per heavy atom. The van der Waals surface area contributed by atoms with Gasteiger partial charge < -0.3 is 15.6 Å². The molecule has 0 spiro atoms. The Balaban J connectivity index is 2.00. The number of aromatic nitrogens is 1. The number of nitrogens with two attached hydrogens (primary N) is 1. The molecule has 116 valence electrons. The van der Waals surface area contributed by atoms with E-state index in [9.17, 15) is 9.59 Å². The number of hydrogen-bond acceptors (Lipinski definition) is 2. The monoisotopic (exact) mass is 307 g/mol. The molecule has 0 saturated carbocycles. The Kier molecular flexibility index (Phi) is 4.10. The molecule has 23 heavy (non-hydrogen) atoms. The number of benzene rings is 2. The maximum absolute atomic E-state index is 13.0. The fraction of sp³-hybridized carbons (Fsp3) is 0.111. The number of para-hydroxylation sites is 2. The Morgan fingerprint density at radius 3 is 2.52 bits per heavy atom. The first-order valence-electron chi connectivity index (χ1n) is 7.38. The van der Waals surface area contributed by atoms with E-state index in [1.54, 1.807) is 17.2 Å². The molecule has 0 aliphatic heterocycles. The van der Waals surface area contributed by atoms with Crippen molar-refractivity contribution in [2.75, 3.05) is 11.4 Å². The van der Waals surface area contributed by atoms with Gasteiger partial charge in [0.25, 0.3) is 5.91 Å². The lowest BCUT2D eigenvalue weighted by Crippen LogP contribution is -2.34. The topological polar surface area (TPSA) is 79.2 Å². The zero-order valence-electron chi connectivity index (χ0n) is 12.5. The lowest BCUT2D eigenvalue weighted by Gasteiger charge is -2.22. The number of carbonyl (C=O) groups is 2. The lowest BCUT2D eigenvalue weighted by atomic mass is 10.1. The van der Waals surface area contributed by atoms with Crippen molar-refractivity contribution in [2.45, 2.75) is 6.42 Å². The molecule has 5 nitrogen and oxygen atoms in total. The number of fused-ring (bicyclic) bond motifs is 1. The van der Waals surface area contributed by atoms with Crippen LogP contribution in [0.15, 0.2) is 60.8 Å². The highest BCUT2D eigenvalue weighted by molar-refractivity contribution is 6.13. The molecule has 0 atom stereocenters. The normalized spacial score (nSPS) is 10.6. The second-order valence-corrected chi connectivity index (χ2v) is 5.26. The maximum Gasteiger partial charge on any atom is 0.260 e. The Bertz CT molecular complexity index is 840. The van der Waals surface area contributed by atoms with Gasteiger partial charge in [0, 0.05) is 30.2 Å². The van der Waals surface area contributed by atoms with Crippen LogP contribution in [0.25, 0.3) is 10.9 Å². The molecule has 1 heterocycles. The molecule has 0 aliphatic rings. The van der Waals surface area contributed by atoms with Crippen LogP contribution in [0.2, 0.25) is 0 Å². The first kappa shape index (κ1) is 14.8. The minimum absolute atomic E-state index is 0.112. The van der Waals surface area contributed by atoms with Crippen LogP contribution in [0.5, 0.6) is 0 Å². The molecule has 0 aliphatic carbocycles. The Morgan fingerprint density at radius 1 is 1.00 bits per heavy atom. The highest BCUT2D eigenvalue weighted by atomic mass is 16.2. The van der Waals surface area contributed by atoms with E-state index in [-0.39, 0.29) is 18.9 Å². The van der Waals surface area contributed by atoms with Gasteiger partial charge in [-0.3, -0.25) is 9.59 Å². The molecule has 5 heteroatoms. The van der Waals surface area contributed by atoms with E-state index in [0.29, 0.717) is 5.56 Å². The summed E-state index contributed by atoms with van der Waals surface area (Å²) in [6.07, 6.45) is 1.92. The van der Waals surface area contributed by atoms with Gasteiger partial charge in [0.05, 0.1) is 11.1 Å². The van der Waals surface area contributed by atoms with Gasteiger partial charge in [-0.2, -0.15) is 0 Å². The van der Waals surface area contributed by atoms with Crippen molar-refractivity contribution in [2.24, 2.45) is 5.73 Å². The highest BCUT2D eigenvalue weighted by Gasteiger charge is 2.20. The molecule has 3 rings (SSSR count). The highest BCUT2D eigenvalue weighted by Crippen LogP contribution is 2.22. The van der Waals surface area contributed by atoms with Crippen molar-refractivity contribution >= 4 is 28.4 Å². The molecule has 3 N–H and O–H groups in total. The largest absolute Gasteiger partial charge is 0.370 e. The van der Waals surface area contributed by atoms with Gasteiger partial charge in [-0.1, -0.05) is 30.3 Å². The van der Waals surface area contributed by atoms with Crippen molar-refractivity contribution in [3.8, 4) is 0 Å². The summed E-state index contributed by atoms with van der Waals surface area (Å²) in [6.45, 7) is 0.245. The lowest BCUT2D eigenvalue weighted by molar-refractivity contribution is -0.117. The van der Waals surface area contributed by atoms with E-state index < -0.39 is 5.91 Å². The summed E-state index contributed by atoms with van der Waals surface area (Å²) in [5.41, 5.74) is 7.35. The van der Waals surface area contributed by atoms with Crippen LogP contribution >= 0.6 is 0 Å². The summed E-state index contributed by atoms with van der Waals surface area (Å²) in [6, 6.07) is 16.8. The summed E-state index contributed by atoms with van der Waals surface area (Å²) in [5, 5.41) is 0.971. The number of amides is 2. The first-order chi connectivity index (χ1) is 11.2. The van der Waals surface area contributed by atoms with Crippen molar-refractivity contribution in [1.29, 1.82) is 0 Å². The predicted molar refractivity (Wildman–Crippen MR) is 90.2 cm³/mol. The number of carbonyl (C=O) groups excluding carboxylic acids is 2. The second-order valence-electron chi connectivity index (χ2n) is 5.26. The number of nitrogens with zero attached hydrogens (tertiary/aromatic N) is 1. The van der Waals surface area contributed by atoms with Gasteiger partial charge in [0.1, 0.15) is 0 Å². The van der Waals surface area contributed by atoms with E-state index in [0.717, 1.165) is 16.6 Å². The third-order valence-corrected chi connectivity index (χ3v) is 3.71. The van der Waals surface area contributed by atoms with E-state index in [2.05, 4.69) is 4.98 Å². The maximum atomic E-state index is 13.0. The zero-order chi connectivity index (χ0) is 16.2. The second kappa shape index (κ2) is 6.36. The smallest absolute Gasteiger partial charge is 0.260 e. The third-order valence-electron chi connectivity index (χ3n) is 3.71. The van der Waals surface area contributed by atoms with Crippen LogP contribution in [0, 0.1) is 0 Å². The van der Waals surface area contributed by atoms with Crippen molar-refractivity contribution < 1.29 is 9.59 Å². The minimum Gasteiger partial charge on any atom is -0.370 e. The fourth-order valence-electron chi connectivity index (χ4n) is 2.59. The molecule has 0 saturated heterocycles. The number of aromatic amines is 1. The summed E-state index contributed by atoms with van der Waals surface area (Å²) in [5.74, 6) is -0.595. The SMILES string of the molecule is NC(=O)CCN(C(=O)c1cccc2cc[nH]c12)c1ccccc1. The van der Waals surface area contributed by atoms with Crippen molar-refractivity contribution in [3.63, 3.8) is 0 Å². The average molecular weight is 307 g/mol. The molecule has 0 unspecified atom stereocenters. The molecule has 3 aromatic rings. The Hall–Kier alpha value is -3.08. The van der Waals surface area contributed by atoms with Crippen molar-refractivity contribution in [3.05, 3.63) is 66.4 Å².